The topological polar surface area (TPSA) is 46.3 Å². The van der Waals surface area contributed by atoms with Gasteiger partial charge in [-0.15, -0.1) is 0 Å². The smallest absolute Gasteiger partial charge is 0.233 e. The molecule has 4 heteroatoms. The van der Waals surface area contributed by atoms with Crippen molar-refractivity contribution >= 4 is 21.8 Å². The normalized spacial score (nSPS) is 27.3. The Morgan fingerprint density at radius 3 is 2.41 bits per heavy atom. The van der Waals surface area contributed by atoms with E-state index in [1.165, 1.54) is 5.56 Å². The lowest BCUT2D eigenvalue weighted by molar-refractivity contribution is -0.136. The van der Waals surface area contributed by atoms with Crippen molar-refractivity contribution in [3.05, 3.63) is 34.3 Å². The first-order valence-corrected chi connectivity index (χ1v) is 9.04. The Labute approximate surface area is 141 Å². The molecule has 1 amide bonds. The minimum Gasteiger partial charge on any atom is -0.341 e. The van der Waals surface area contributed by atoms with Gasteiger partial charge in [-0.25, -0.2) is 0 Å². The van der Waals surface area contributed by atoms with Gasteiger partial charge in [-0.1, -0.05) is 47.8 Å². The third-order valence-electron chi connectivity index (χ3n) is 5.60. The largest absolute Gasteiger partial charge is 0.341 e. The molecule has 3 rings (SSSR count). The van der Waals surface area contributed by atoms with E-state index in [1.807, 2.05) is 0 Å². The number of nitrogens with zero attached hydrogens (tertiary/aromatic N) is 1. The lowest BCUT2D eigenvalue weighted by Gasteiger charge is -2.34. The van der Waals surface area contributed by atoms with E-state index in [-0.39, 0.29) is 10.8 Å². The van der Waals surface area contributed by atoms with Crippen molar-refractivity contribution in [1.29, 1.82) is 0 Å². The minimum absolute atomic E-state index is 0.0924. The van der Waals surface area contributed by atoms with Crippen LogP contribution in [-0.4, -0.2) is 30.4 Å². The molecule has 120 valence electrons. The molecule has 1 aliphatic carbocycles. The molecule has 1 atom stereocenters. The predicted molar refractivity (Wildman–Crippen MR) is 92.6 cm³/mol. The van der Waals surface area contributed by atoms with E-state index in [9.17, 15) is 4.79 Å². The lowest BCUT2D eigenvalue weighted by atomic mass is 9.77. The van der Waals surface area contributed by atoms with Crippen LogP contribution in [0.3, 0.4) is 0 Å². The Kier molecular flexibility index (Phi) is 4.34. The van der Waals surface area contributed by atoms with Crippen LogP contribution in [0, 0.1) is 5.41 Å². The summed E-state index contributed by atoms with van der Waals surface area (Å²) in [5.41, 5.74) is 6.87. The SMILES string of the molecule is CC1(CN)CCN(C(=O)C2(c3ccc(Br)cc3)CCCC2)C1. The number of hydrogen-bond donors (Lipinski definition) is 1. The Balaban J connectivity index is 1.88. The standard InChI is InChI=1S/C18H25BrN2O/c1-17(12-20)10-11-21(13-17)16(22)18(8-2-3-9-18)14-4-6-15(19)7-5-14/h4-7H,2-3,8-13,20H2,1H3. The highest BCUT2D eigenvalue weighted by atomic mass is 79.9. The summed E-state index contributed by atoms with van der Waals surface area (Å²) in [4.78, 5) is 15.4. The van der Waals surface area contributed by atoms with Crippen molar-refractivity contribution in [1.82, 2.24) is 4.90 Å². The summed E-state index contributed by atoms with van der Waals surface area (Å²) >= 11 is 3.49. The minimum atomic E-state index is -0.305. The molecule has 0 radical (unpaired) electrons. The summed E-state index contributed by atoms with van der Waals surface area (Å²) in [6, 6.07) is 8.34. The Morgan fingerprint density at radius 2 is 1.86 bits per heavy atom. The zero-order valence-corrected chi connectivity index (χ0v) is 14.9. The molecule has 3 nitrogen and oxygen atoms in total. The molecule has 1 heterocycles. The van der Waals surface area contributed by atoms with Crippen LogP contribution >= 0.6 is 15.9 Å². The number of hydrogen-bond acceptors (Lipinski definition) is 2. The molecule has 2 fully saturated rings. The molecular weight excluding hydrogens is 340 g/mol. The van der Waals surface area contributed by atoms with Gasteiger partial charge < -0.3 is 10.6 Å². The molecule has 2 aliphatic rings. The number of benzene rings is 1. The summed E-state index contributed by atoms with van der Waals surface area (Å²) in [7, 11) is 0. The molecule has 1 aromatic carbocycles. The van der Waals surface area contributed by atoms with Gasteiger partial charge >= 0.3 is 0 Å². The van der Waals surface area contributed by atoms with Gasteiger partial charge in [-0.2, -0.15) is 0 Å². The fraction of sp³-hybridized carbons (Fsp3) is 0.611. The zero-order valence-electron chi connectivity index (χ0n) is 13.3. The van der Waals surface area contributed by atoms with E-state index < -0.39 is 0 Å². The molecule has 1 saturated heterocycles. The number of halogens is 1. The fourth-order valence-electron chi connectivity index (χ4n) is 4.04. The molecule has 0 spiro atoms. The monoisotopic (exact) mass is 364 g/mol. The highest BCUT2D eigenvalue weighted by Gasteiger charge is 2.47. The van der Waals surface area contributed by atoms with Crippen LogP contribution < -0.4 is 5.73 Å². The van der Waals surface area contributed by atoms with Crippen molar-refractivity contribution in [3.63, 3.8) is 0 Å². The quantitative estimate of drug-likeness (QED) is 0.892. The van der Waals surface area contributed by atoms with Gasteiger partial charge in [0.2, 0.25) is 5.91 Å². The van der Waals surface area contributed by atoms with Crippen LogP contribution in [0.25, 0.3) is 0 Å². The van der Waals surface area contributed by atoms with Crippen molar-refractivity contribution < 1.29 is 4.79 Å². The van der Waals surface area contributed by atoms with Crippen molar-refractivity contribution in [2.24, 2.45) is 11.1 Å². The zero-order chi connectivity index (χ0) is 15.8. The van der Waals surface area contributed by atoms with Crippen LogP contribution in [-0.2, 0) is 10.2 Å². The summed E-state index contributed by atoms with van der Waals surface area (Å²) < 4.78 is 1.06. The van der Waals surface area contributed by atoms with Crippen LogP contribution in [0.1, 0.15) is 44.6 Å². The van der Waals surface area contributed by atoms with Crippen molar-refractivity contribution in [3.8, 4) is 0 Å². The second kappa shape index (κ2) is 5.97. The number of carbonyl (C=O) groups is 1. The first-order valence-electron chi connectivity index (χ1n) is 8.25. The maximum atomic E-state index is 13.3. The third kappa shape index (κ3) is 2.71. The number of amides is 1. The molecule has 2 N–H and O–H groups in total. The van der Waals surface area contributed by atoms with Crippen LogP contribution in [0.15, 0.2) is 28.7 Å². The van der Waals surface area contributed by atoms with E-state index in [1.54, 1.807) is 0 Å². The first kappa shape index (κ1) is 16.0. The Bertz CT molecular complexity index is 551. The van der Waals surface area contributed by atoms with Crippen LogP contribution in [0.2, 0.25) is 0 Å². The van der Waals surface area contributed by atoms with Crippen LogP contribution in [0.5, 0.6) is 0 Å². The van der Waals surface area contributed by atoms with E-state index in [2.05, 4.69) is 52.0 Å². The van der Waals surface area contributed by atoms with Gasteiger partial charge in [-0.05, 0) is 48.9 Å². The van der Waals surface area contributed by atoms with E-state index >= 15 is 0 Å². The molecule has 1 aromatic rings. The first-order chi connectivity index (χ1) is 10.5. The summed E-state index contributed by atoms with van der Waals surface area (Å²) in [6.45, 7) is 4.51. The predicted octanol–water partition coefficient (Wildman–Crippen LogP) is 3.46. The number of rotatable bonds is 3. The molecule has 1 aliphatic heterocycles. The number of nitrogens with two attached hydrogens (primary N) is 1. The average molecular weight is 365 g/mol. The lowest BCUT2D eigenvalue weighted by Crippen LogP contribution is -2.45. The highest BCUT2D eigenvalue weighted by Crippen LogP contribution is 2.44. The average Bonchev–Trinajstić information content (AvgIpc) is 3.16. The van der Waals surface area contributed by atoms with E-state index in [0.29, 0.717) is 12.5 Å². The molecule has 1 saturated carbocycles. The van der Waals surface area contributed by atoms with Gasteiger partial charge in [0.25, 0.3) is 0 Å². The maximum absolute atomic E-state index is 13.3. The van der Waals surface area contributed by atoms with E-state index in [4.69, 9.17) is 5.73 Å². The summed E-state index contributed by atoms with van der Waals surface area (Å²) in [6.07, 6.45) is 5.26. The molecule has 1 unspecified atom stereocenters. The molecular formula is C18H25BrN2O. The van der Waals surface area contributed by atoms with Crippen molar-refractivity contribution in [2.45, 2.75) is 44.4 Å². The summed E-state index contributed by atoms with van der Waals surface area (Å²) in [5, 5.41) is 0. The molecule has 0 bridgehead atoms. The second-order valence-electron chi connectivity index (χ2n) is 7.29. The number of carbonyl (C=O) groups excluding carboxylic acids is 1. The van der Waals surface area contributed by atoms with Crippen molar-refractivity contribution in [2.75, 3.05) is 19.6 Å². The van der Waals surface area contributed by atoms with Gasteiger partial charge in [-0.3, -0.25) is 4.79 Å². The molecule has 0 aromatic heterocycles. The van der Waals surface area contributed by atoms with Crippen LogP contribution in [0.4, 0.5) is 0 Å². The van der Waals surface area contributed by atoms with Gasteiger partial charge in [0.15, 0.2) is 0 Å². The number of likely N-dealkylation sites (tertiary alicyclic amines) is 1. The Hall–Kier alpha value is -0.870. The molecule has 22 heavy (non-hydrogen) atoms. The van der Waals surface area contributed by atoms with E-state index in [0.717, 1.165) is 49.7 Å². The maximum Gasteiger partial charge on any atom is 0.233 e. The Morgan fingerprint density at radius 1 is 1.23 bits per heavy atom. The van der Waals surface area contributed by atoms with Gasteiger partial charge in [0.1, 0.15) is 0 Å². The van der Waals surface area contributed by atoms with Gasteiger partial charge in [0.05, 0.1) is 5.41 Å². The third-order valence-corrected chi connectivity index (χ3v) is 6.13. The summed E-state index contributed by atoms with van der Waals surface area (Å²) in [5.74, 6) is 0.324. The second-order valence-corrected chi connectivity index (χ2v) is 8.20. The van der Waals surface area contributed by atoms with Gasteiger partial charge in [0, 0.05) is 17.6 Å². The fourth-order valence-corrected chi connectivity index (χ4v) is 4.30. The highest BCUT2D eigenvalue weighted by molar-refractivity contribution is 9.10.